The molecule has 0 radical (unpaired) electrons. The lowest BCUT2D eigenvalue weighted by molar-refractivity contribution is 1.03. The van der Waals surface area contributed by atoms with E-state index in [2.05, 4.69) is 16.2 Å². The van der Waals surface area contributed by atoms with E-state index in [9.17, 15) is 0 Å². The maximum absolute atomic E-state index is 8.57. The number of pyridine rings is 1. The number of nitrogens with zero attached hydrogens (tertiary/aromatic N) is 2. The molecule has 3 heteroatoms. The Morgan fingerprint density at radius 2 is 2.46 bits per heavy atom. The van der Waals surface area contributed by atoms with Gasteiger partial charge in [-0.05, 0) is 19.1 Å². The van der Waals surface area contributed by atoms with E-state index >= 15 is 0 Å². The van der Waals surface area contributed by atoms with Gasteiger partial charge in [-0.1, -0.05) is 5.92 Å². The second-order valence-electron chi connectivity index (χ2n) is 2.57. The van der Waals surface area contributed by atoms with Crippen LogP contribution >= 0.6 is 0 Å². The monoisotopic (exact) mass is 171 g/mol. The van der Waals surface area contributed by atoms with Crippen molar-refractivity contribution in [3.05, 3.63) is 24.0 Å². The summed E-state index contributed by atoms with van der Waals surface area (Å²) >= 11 is 0. The SMILES string of the molecule is C#CC(C)Nc1ccnc(C#N)c1. The second-order valence-corrected chi connectivity index (χ2v) is 2.57. The minimum atomic E-state index is -0.0473. The zero-order chi connectivity index (χ0) is 9.68. The maximum Gasteiger partial charge on any atom is 0.142 e. The molecule has 0 saturated heterocycles. The van der Waals surface area contributed by atoms with Crippen LogP contribution in [0.4, 0.5) is 5.69 Å². The van der Waals surface area contributed by atoms with E-state index in [1.165, 1.54) is 0 Å². The van der Waals surface area contributed by atoms with E-state index < -0.39 is 0 Å². The molecule has 1 heterocycles. The normalized spacial score (nSPS) is 11.0. The van der Waals surface area contributed by atoms with Gasteiger partial charge < -0.3 is 5.32 Å². The summed E-state index contributed by atoms with van der Waals surface area (Å²) < 4.78 is 0. The molecule has 64 valence electrons. The first-order valence-corrected chi connectivity index (χ1v) is 3.85. The van der Waals surface area contributed by atoms with Crippen molar-refractivity contribution < 1.29 is 0 Å². The smallest absolute Gasteiger partial charge is 0.142 e. The molecular weight excluding hydrogens is 162 g/mol. The molecule has 0 fully saturated rings. The van der Waals surface area contributed by atoms with Crippen LogP contribution in [-0.4, -0.2) is 11.0 Å². The third-order valence-corrected chi connectivity index (χ3v) is 1.51. The molecule has 13 heavy (non-hydrogen) atoms. The molecule has 0 aliphatic carbocycles. The van der Waals surface area contributed by atoms with Crippen molar-refractivity contribution in [2.45, 2.75) is 13.0 Å². The third-order valence-electron chi connectivity index (χ3n) is 1.51. The topological polar surface area (TPSA) is 48.7 Å². The summed E-state index contributed by atoms with van der Waals surface area (Å²) in [5, 5.41) is 11.6. The van der Waals surface area contributed by atoms with Crippen LogP contribution in [0.5, 0.6) is 0 Å². The van der Waals surface area contributed by atoms with E-state index in [0.29, 0.717) is 5.69 Å². The Balaban J connectivity index is 2.80. The number of hydrogen-bond acceptors (Lipinski definition) is 3. The van der Waals surface area contributed by atoms with Gasteiger partial charge >= 0.3 is 0 Å². The Hall–Kier alpha value is -2.00. The van der Waals surface area contributed by atoms with Crippen LogP contribution in [0, 0.1) is 23.7 Å². The van der Waals surface area contributed by atoms with Gasteiger partial charge in [-0.25, -0.2) is 4.98 Å². The zero-order valence-corrected chi connectivity index (χ0v) is 7.28. The second kappa shape index (κ2) is 4.13. The van der Waals surface area contributed by atoms with Gasteiger partial charge in [-0.3, -0.25) is 0 Å². The number of nitriles is 1. The Labute approximate surface area is 77.4 Å². The van der Waals surface area contributed by atoms with E-state index in [1.54, 1.807) is 18.3 Å². The molecule has 0 aliphatic heterocycles. The van der Waals surface area contributed by atoms with Crippen molar-refractivity contribution in [1.82, 2.24) is 4.98 Å². The fourth-order valence-corrected chi connectivity index (χ4v) is 0.873. The summed E-state index contributed by atoms with van der Waals surface area (Å²) in [5.41, 5.74) is 1.20. The fraction of sp³-hybridized carbons (Fsp3) is 0.200. The highest BCUT2D eigenvalue weighted by molar-refractivity contribution is 5.47. The molecule has 0 aliphatic rings. The van der Waals surface area contributed by atoms with Crippen LogP contribution < -0.4 is 5.32 Å². The zero-order valence-electron chi connectivity index (χ0n) is 7.28. The highest BCUT2D eigenvalue weighted by atomic mass is 14.9. The maximum atomic E-state index is 8.57. The van der Waals surface area contributed by atoms with Crippen LogP contribution in [0.2, 0.25) is 0 Å². The summed E-state index contributed by atoms with van der Waals surface area (Å²) in [4.78, 5) is 3.84. The molecule has 0 aromatic carbocycles. The lowest BCUT2D eigenvalue weighted by atomic mass is 10.3. The van der Waals surface area contributed by atoms with Gasteiger partial charge in [0.05, 0.1) is 6.04 Å². The average molecular weight is 171 g/mol. The van der Waals surface area contributed by atoms with Crippen molar-refractivity contribution >= 4 is 5.69 Å². The standard InChI is InChI=1S/C10H9N3/c1-3-8(2)13-9-4-5-12-10(6-9)7-11/h1,4-6,8H,2H3,(H,12,13). The quantitative estimate of drug-likeness (QED) is 0.684. The molecule has 1 aromatic heterocycles. The molecule has 0 spiro atoms. The van der Waals surface area contributed by atoms with Gasteiger partial charge in [0.25, 0.3) is 0 Å². The van der Waals surface area contributed by atoms with Crippen LogP contribution in [0.25, 0.3) is 0 Å². The Morgan fingerprint density at radius 1 is 1.69 bits per heavy atom. The van der Waals surface area contributed by atoms with Gasteiger partial charge in [0.1, 0.15) is 11.8 Å². The van der Waals surface area contributed by atoms with Crippen LogP contribution in [0.3, 0.4) is 0 Å². The highest BCUT2D eigenvalue weighted by Gasteiger charge is 1.98. The van der Waals surface area contributed by atoms with Crippen molar-refractivity contribution in [1.29, 1.82) is 5.26 Å². The summed E-state index contributed by atoms with van der Waals surface area (Å²) in [7, 11) is 0. The van der Waals surface area contributed by atoms with Crippen molar-refractivity contribution in [2.24, 2.45) is 0 Å². The van der Waals surface area contributed by atoms with Crippen LogP contribution in [0.15, 0.2) is 18.3 Å². The number of anilines is 1. The minimum Gasteiger partial charge on any atom is -0.372 e. The van der Waals surface area contributed by atoms with Gasteiger partial charge in [0, 0.05) is 11.9 Å². The Kier molecular flexibility index (Phi) is 2.89. The molecule has 1 aromatic rings. The Bertz CT molecular complexity index is 370. The van der Waals surface area contributed by atoms with Gasteiger partial charge in [0.15, 0.2) is 0 Å². The summed E-state index contributed by atoms with van der Waals surface area (Å²) in [6.45, 7) is 1.87. The first-order chi connectivity index (χ1) is 6.26. The fourth-order valence-electron chi connectivity index (χ4n) is 0.873. The molecule has 1 rings (SSSR count). The van der Waals surface area contributed by atoms with Gasteiger partial charge in [-0.15, -0.1) is 6.42 Å². The summed E-state index contributed by atoms with van der Waals surface area (Å²) in [5.74, 6) is 2.54. The first kappa shape index (κ1) is 9.09. The molecule has 1 N–H and O–H groups in total. The van der Waals surface area contributed by atoms with E-state index in [0.717, 1.165) is 5.69 Å². The molecule has 0 amide bonds. The largest absolute Gasteiger partial charge is 0.372 e. The number of rotatable bonds is 2. The predicted molar refractivity (Wildman–Crippen MR) is 50.9 cm³/mol. The van der Waals surface area contributed by atoms with E-state index in [1.807, 2.05) is 13.0 Å². The number of aromatic nitrogens is 1. The molecule has 0 bridgehead atoms. The highest BCUT2D eigenvalue weighted by Crippen LogP contribution is 2.08. The predicted octanol–water partition coefficient (Wildman–Crippen LogP) is 1.39. The van der Waals surface area contributed by atoms with E-state index in [-0.39, 0.29) is 6.04 Å². The third kappa shape index (κ3) is 2.50. The molecule has 0 saturated carbocycles. The summed E-state index contributed by atoms with van der Waals surface area (Å²) in [6.07, 6.45) is 6.77. The van der Waals surface area contributed by atoms with Gasteiger partial charge in [-0.2, -0.15) is 5.26 Å². The average Bonchev–Trinajstić information content (AvgIpc) is 2.18. The number of hydrogen-bond donors (Lipinski definition) is 1. The number of nitrogens with one attached hydrogen (secondary N) is 1. The Morgan fingerprint density at radius 3 is 3.08 bits per heavy atom. The van der Waals surface area contributed by atoms with Crippen molar-refractivity contribution in [3.63, 3.8) is 0 Å². The molecular formula is C10H9N3. The van der Waals surface area contributed by atoms with Crippen LogP contribution in [-0.2, 0) is 0 Å². The lowest BCUT2D eigenvalue weighted by Gasteiger charge is -2.08. The minimum absolute atomic E-state index is 0.0473. The van der Waals surface area contributed by atoms with Gasteiger partial charge in [0.2, 0.25) is 0 Å². The van der Waals surface area contributed by atoms with Crippen molar-refractivity contribution in [3.8, 4) is 18.4 Å². The molecule has 3 nitrogen and oxygen atoms in total. The number of terminal acetylenes is 1. The molecule has 1 unspecified atom stereocenters. The summed E-state index contributed by atoms with van der Waals surface area (Å²) in [6, 6.07) is 5.34. The van der Waals surface area contributed by atoms with Crippen LogP contribution in [0.1, 0.15) is 12.6 Å². The molecule has 1 atom stereocenters. The van der Waals surface area contributed by atoms with E-state index in [4.69, 9.17) is 11.7 Å². The first-order valence-electron chi connectivity index (χ1n) is 3.85. The lowest BCUT2D eigenvalue weighted by Crippen LogP contribution is -2.11. The van der Waals surface area contributed by atoms with Crippen molar-refractivity contribution in [2.75, 3.05) is 5.32 Å².